The number of hydrogen-bond donors (Lipinski definition) is 1. The summed E-state index contributed by atoms with van der Waals surface area (Å²) in [6.07, 6.45) is 3.21. The largest absolute Gasteiger partial charge is 0.325 e. The van der Waals surface area contributed by atoms with Crippen molar-refractivity contribution in [2.75, 3.05) is 11.9 Å². The maximum absolute atomic E-state index is 12.6. The number of benzene rings is 1. The van der Waals surface area contributed by atoms with Crippen LogP contribution < -0.4 is 5.32 Å². The molecule has 1 aromatic rings. The number of carbonyl (C=O) groups excluding carboxylic acids is 3. The lowest BCUT2D eigenvalue weighted by Crippen LogP contribution is -2.35. The molecule has 4 rings (SSSR count). The molecular formula is C18H18BrClN2O3. The summed E-state index contributed by atoms with van der Waals surface area (Å²) < 4.78 is 0.824. The van der Waals surface area contributed by atoms with E-state index in [4.69, 9.17) is 11.6 Å². The molecule has 4 atom stereocenters. The molecule has 1 aromatic carbocycles. The fourth-order valence-corrected chi connectivity index (χ4v) is 5.43. The average molecular weight is 426 g/mol. The molecule has 3 aliphatic rings. The summed E-state index contributed by atoms with van der Waals surface area (Å²) in [7, 11) is 0. The Labute approximate surface area is 159 Å². The predicted octanol–water partition coefficient (Wildman–Crippen LogP) is 3.46. The SMILES string of the molecule is O=C(CCN1C(=O)[C@@H]2[C@H]3CC[C@@H](C3)[C@H]2C1=O)Nc1ccc(Br)cc1Cl. The van der Waals surface area contributed by atoms with Gasteiger partial charge in [-0.1, -0.05) is 27.5 Å². The molecule has 25 heavy (non-hydrogen) atoms. The second-order valence-corrected chi connectivity index (χ2v) is 8.46. The zero-order valence-electron chi connectivity index (χ0n) is 13.5. The number of hydrogen-bond acceptors (Lipinski definition) is 3. The van der Waals surface area contributed by atoms with Crippen LogP contribution in [0.2, 0.25) is 5.02 Å². The summed E-state index contributed by atoms with van der Waals surface area (Å²) in [6.45, 7) is 0.143. The third kappa shape index (κ3) is 2.89. The van der Waals surface area contributed by atoms with Gasteiger partial charge in [-0.15, -0.1) is 0 Å². The van der Waals surface area contributed by atoms with Crippen LogP contribution in [-0.4, -0.2) is 29.2 Å². The number of anilines is 1. The van der Waals surface area contributed by atoms with Crippen LogP contribution in [0, 0.1) is 23.7 Å². The van der Waals surface area contributed by atoms with Gasteiger partial charge in [-0.25, -0.2) is 0 Å². The topological polar surface area (TPSA) is 66.5 Å². The van der Waals surface area contributed by atoms with E-state index in [0.717, 1.165) is 23.7 Å². The Balaban J connectivity index is 1.37. The molecule has 2 aliphatic carbocycles. The highest BCUT2D eigenvalue weighted by atomic mass is 79.9. The number of nitrogens with one attached hydrogen (secondary N) is 1. The molecular weight excluding hydrogens is 408 g/mol. The van der Waals surface area contributed by atoms with Gasteiger partial charge in [0.2, 0.25) is 17.7 Å². The van der Waals surface area contributed by atoms with Crippen molar-refractivity contribution in [1.82, 2.24) is 4.90 Å². The number of nitrogens with zero attached hydrogens (tertiary/aromatic N) is 1. The highest BCUT2D eigenvalue weighted by molar-refractivity contribution is 9.10. The van der Waals surface area contributed by atoms with Crippen LogP contribution in [-0.2, 0) is 14.4 Å². The zero-order valence-corrected chi connectivity index (χ0v) is 15.8. The van der Waals surface area contributed by atoms with Gasteiger partial charge in [0.1, 0.15) is 0 Å². The Kier molecular flexibility index (Phi) is 4.36. The number of imide groups is 1. The molecule has 132 valence electrons. The first-order valence-corrected chi connectivity index (χ1v) is 9.73. The predicted molar refractivity (Wildman–Crippen MR) is 96.9 cm³/mol. The first-order chi connectivity index (χ1) is 12.0. The third-order valence-corrected chi connectivity index (χ3v) is 6.59. The standard InChI is InChI=1S/C18H18BrClN2O3/c19-11-3-4-13(12(20)8-11)21-14(23)5-6-22-17(24)15-9-1-2-10(7-9)16(15)18(22)25/h3-4,8-10,15-16H,1-2,5-7H2,(H,21,23)/t9-,10-,15+,16+/m0/s1. The van der Waals surface area contributed by atoms with E-state index in [1.807, 2.05) is 0 Å². The second kappa shape index (κ2) is 6.40. The molecule has 7 heteroatoms. The van der Waals surface area contributed by atoms with E-state index in [1.54, 1.807) is 18.2 Å². The Morgan fingerprint density at radius 3 is 2.44 bits per heavy atom. The van der Waals surface area contributed by atoms with E-state index in [9.17, 15) is 14.4 Å². The lowest BCUT2D eigenvalue weighted by Gasteiger charge is -2.19. The van der Waals surface area contributed by atoms with Gasteiger partial charge in [0, 0.05) is 17.4 Å². The number of halogens is 2. The highest BCUT2D eigenvalue weighted by Crippen LogP contribution is 2.56. The molecule has 1 saturated heterocycles. The number of likely N-dealkylation sites (tertiary alicyclic amines) is 1. The quantitative estimate of drug-likeness (QED) is 0.751. The fraction of sp³-hybridized carbons (Fsp3) is 0.500. The molecule has 0 unspecified atom stereocenters. The van der Waals surface area contributed by atoms with Gasteiger partial charge in [-0.3, -0.25) is 19.3 Å². The monoisotopic (exact) mass is 424 g/mol. The van der Waals surface area contributed by atoms with Crippen LogP contribution >= 0.6 is 27.5 Å². The van der Waals surface area contributed by atoms with E-state index in [0.29, 0.717) is 22.5 Å². The minimum atomic E-state index is -0.259. The van der Waals surface area contributed by atoms with Gasteiger partial charge in [-0.05, 0) is 49.3 Å². The minimum Gasteiger partial charge on any atom is -0.325 e. The van der Waals surface area contributed by atoms with Crippen molar-refractivity contribution in [2.24, 2.45) is 23.7 Å². The fourth-order valence-electron chi connectivity index (χ4n) is 4.71. The minimum absolute atomic E-state index is 0.0725. The molecule has 5 nitrogen and oxygen atoms in total. The van der Waals surface area contributed by atoms with Gasteiger partial charge >= 0.3 is 0 Å². The average Bonchev–Trinajstić information content (AvgIpc) is 3.23. The summed E-state index contributed by atoms with van der Waals surface area (Å²) in [5, 5.41) is 3.16. The van der Waals surface area contributed by atoms with Crippen LogP contribution in [0.4, 0.5) is 5.69 Å². The molecule has 1 aliphatic heterocycles. The number of amides is 3. The molecule has 3 amide bonds. The summed E-state index contributed by atoms with van der Waals surface area (Å²) in [5.41, 5.74) is 0.517. The molecule has 2 bridgehead atoms. The second-order valence-electron chi connectivity index (χ2n) is 7.14. The van der Waals surface area contributed by atoms with Gasteiger partial charge in [-0.2, -0.15) is 0 Å². The Hall–Kier alpha value is -1.40. The highest BCUT2D eigenvalue weighted by Gasteiger charge is 2.60. The normalized spacial score (nSPS) is 30.1. The van der Waals surface area contributed by atoms with Crippen LogP contribution in [0.3, 0.4) is 0 Å². The lowest BCUT2D eigenvalue weighted by molar-refractivity contribution is -0.140. The van der Waals surface area contributed by atoms with Gasteiger partial charge < -0.3 is 5.32 Å². The first-order valence-electron chi connectivity index (χ1n) is 8.56. The summed E-state index contributed by atoms with van der Waals surface area (Å²) in [6, 6.07) is 5.19. The Morgan fingerprint density at radius 1 is 1.20 bits per heavy atom. The molecule has 0 aromatic heterocycles. The molecule has 1 N–H and O–H groups in total. The molecule has 2 saturated carbocycles. The smallest absolute Gasteiger partial charge is 0.233 e. The van der Waals surface area contributed by atoms with Crippen LogP contribution in [0.1, 0.15) is 25.7 Å². The number of fused-ring (bicyclic) bond motifs is 5. The Bertz CT molecular complexity index is 741. The van der Waals surface area contributed by atoms with Crippen molar-refractivity contribution in [2.45, 2.75) is 25.7 Å². The van der Waals surface area contributed by atoms with E-state index < -0.39 is 0 Å². The zero-order chi connectivity index (χ0) is 17.7. The maximum Gasteiger partial charge on any atom is 0.233 e. The third-order valence-electron chi connectivity index (χ3n) is 5.79. The van der Waals surface area contributed by atoms with Crippen molar-refractivity contribution < 1.29 is 14.4 Å². The van der Waals surface area contributed by atoms with E-state index >= 15 is 0 Å². The molecule has 0 spiro atoms. The maximum atomic E-state index is 12.6. The number of rotatable bonds is 4. The van der Waals surface area contributed by atoms with Crippen molar-refractivity contribution >= 4 is 50.9 Å². The number of carbonyl (C=O) groups is 3. The first kappa shape index (κ1) is 17.0. The van der Waals surface area contributed by atoms with Gasteiger partial charge in [0.15, 0.2) is 0 Å². The molecule has 3 fully saturated rings. The van der Waals surface area contributed by atoms with Crippen LogP contribution in [0.25, 0.3) is 0 Å². The molecule has 1 heterocycles. The van der Waals surface area contributed by atoms with Crippen LogP contribution in [0.5, 0.6) is 0 Å². The van der Waals surface area contributed by atoms with Crippen molar-refractivity contribution in [3.63, 3.8) is 0 Å². The van der Waals surface area contributed by atoms with Crippen molar-refractivity contribution in [3.8, 4) is 0 Å². The summed E-state index contributed by atoms with van der Waals surface area (Å²) in [4.78, 5) is 38.7. The van der Waals surface area contributed by atoms with Crippen molar-refractivity contribution in [3.05, 3.63) is 27.7 Å². The van der Waals surface area contributed by atoms with Gasteiger partial charge in [0.25, 0.3) is 0 Å². The van der Waals surface area contributed by atoms with Crippen molar-refractivity contribution in [1.29, 1.82) is 0 Å². The lowest BCUT2D eigenvalue weighted by atomic mass is 9.81. The Morgan fingerprint density at radius 2 is 1.84 bits per heavy atom. The van der Waals surface area contributed by atoms with E-state index in [-0.39, 0.29) is 42.5 Å². The summed E-state index contributed by atoms with van der Waals surface area (Å²) in [5.74, 6) is 0.0716. The summed E-state index contributed by atoms with van der Waals surface area (Å²) >= 11 is 9.40. The van der Waals surface area contributed by atoms with Gasteiger partial charge in [0.05, 0.1) is 22.5 Å². The molecule has 0 radical (unpaired) electrons. The van der Waals surface area contributed by atoms with E-state index in [1.165, 1.54) is 4.90 Å². The van der Waals surface area contributed by atoms with Crippen LogP contribution in [0.15, 0.2) is 22.7 Å². The van der Waals surface area contributed by atoms with E-state index in [2.05, 4.69) is 21.2 Å².